The summed E-state index contributed by atoms with van der Waals surface area (Å²) >= 11 is 0. The molecule has 2 bridgehead atoms. The molecule has 0 unspecified atom stereocenters. The third-order valence-corrected chi connectivity index (χ3v) is 8.26. The number of hydrogen-bond donors (Lipinski definition) is 3. The average Bonchev–Trinajstić information content (AvgIpc) is 3.60. The molecule has 210 valence electrons. The summed E-state index contributed by atoms with van der Waals surface area (Å²) in [4.78, 5) is 40.5. The Morgan fingerprint density at radius 1 is 1.02 bits per heavy atom. The zero-order chi connectivity index (χ0) is 28.3. The molecule has 3 aliphatic heterocycles. The summed E-state index contributed by atoms with van der Waals surface area (Å²) in [6, 6.07) is 17.6. The Labute approximate surface area is 237 Å². The van der Waals surface area contributed by atoms with Gasteiger partial charge in [0, 0.05) is 24.2 Å². The maximum atomic E-state index is 13.7. The molecule has 9 nitrogen and oxygen atoms in total. The fourth-order valence-corrected chi connectivity index (χ4v) is 6.30. The summed E-state index contributed by atoms with van der Waals surface area (Å²) in [5.41, 5.74) is 4.39. The Morgan fingerprint density at radius 3 is 2.56 bits per heavy atom. The van der Waals surface area contributed by atoms with E-state index in [-0.39, 0.29) is 11.6 Å². The third kappa shape index (κ3) is 4.70. The van der Waals surface area contributed by atoms with E-state index in [2.05, 4.69) is 20.2 Å². The van der Waals surface area contributed by atoms with Gasteiger partial charge >= 0.3 is 6.09 Å². The van der Waals surface area contributed by atoms with E-state index in [9.17, 15) is 9.59 Å². The molecule has 3 aromatic heterocycles. The van der Waals surface area contributed by atoms with Gasteiger partial charge in [0.15, 0.2) is 0 Å². The van der Waals surface area contributed by atoms with Crippen molar-refractivity contribution in [3.05, 3.63) is 71.1 Å². The number of hydrogen-bond acceptors (Lipinski definition) is 6. The zero-order valence-electron chi connectivity index (χ0n) is 23.5. The maximum Gasteiger partial charge on any atom is 0.418 e. The number of anilines is 1. The molecule has 3 N–H and O–H groups in total. The number of pyridine rings is 1. The molecule has 3 saturated heterocycles. The summed E-state index contributed by atoms with van der Waals surface area (Å²) in [6.07, 6.45) is 3.57. The molecule has 3 fully saturated rings. The first-order valence-corrected chi connectivity index (χ1v) is 14.3. The minimum Gasteiger partial charge on any atom is -0.443 e. The molecule has 5 aromatic rings. The highest BCUT2D eigenvalue weighted by Crippen LogP contribution is 2.37. The van der Waals surface area contributed by atoms with Crippen molar-refractivity contribution in [2.75, 3.05) is 25.0 Å². The van der Waals surface area contributed by atoms with Gasteiger partial charge in [-0.1, -0.05) is 18.2 Å². The summed E-state index contributed by atoms with van der Waals surface area (Å²) in [7, 11) is 0. The van der Waals surface area contributed by atoms with E-state index in [0.717, 1.165) is 65.7 Å². The fraction of sp³-hybridized carbons (Fsp3) is 0.344. The van der Waals surface area contributed by atoms with Crippen molar-refractivity contribution in [2.24, 2.45) is 5.92 Å². The second kappa shape index (κ2) is 9.62. The number of aromatic nitrogens is 4. The second-order valence-corrected chi connectivity index (χ2v) is 12.2. The monoisotopic (exact) mass is 550 g/mol. The molecule has 2 aromatic carbocycles. The lowest BCUT2D eigenvalue weighted by Gasteiger charge is -2.45. The van der Waals surface area contributed by atoms with Crippen LogP contribution >= 0.6 is 0 Å². The van der Waals surface area contributed by atoms with Crippen molar-refractivity contribution in [2.45, 2.75) is 45.3 Å². The zero-order valence-corrected chi connectivity index (χ0v) is 23.5. The first kappa shape index (κ1) is 25.6. The lowest BCUT2D eigenvalue weighted by molar-refractivity contribution is 0.0540. The number of piperidine rings is 3. The fourth-order valence-electron chi connectivity index (χ4n) is 6.30. The van der Waals surface area contributed by atoms with Crippen LogP contribution in [0.1, 0.15) is 33.6 Å². The molecule has 8 rings (SSSR count). The molecule has 0 spiro atoms. The number of nitrogens with one attached hydrogen (secondary N) is 3. The van der Waals surface area contributed by atoms with Gasteiger partial charge in [0.1, 0.15) is 17.0 Å². The molecular weight excluding hydrogens is 516 g/mol. The van der Waals surface area contributed by atoms with Crippen molar-refractivity contribution in [1.82, 2.24) is 24.4 Å². The first-order valence-electron chi connectivity index (χ1n) is 14.3. The van der Waals surface area contributed by atoms with E-state index < -0.39 is 11.7 Å². The molecule has 0 saturated carbocycles. The van der Waals surface area contributed by atoms with Crippen LogP contribution in [0.4, 0.5) is 10.5 Å². The van der Waals surface area contributed by atoms with Crippen LogP contribution in [-0.4, -0.2) is 61.8 Å². The van der Waals surface area contributed by atoms with Gasteiger partial charge in [0.25, 0.3) is 5.56 Å². The Morgan fingerprint density at radius 2 is 1.83 bits per heavy atom. The number of imidazole rings is 1. The lowest BCUT2D eigenvalue weighted by atomic mass is 9.83. The van der Waals surface area contributed by atoms with Crippen LogP contribution in [-0.2, 0) is 4.74 Å². The number of carbonyl (C=O) groups is 1. The van der Waals surface area contributed by atoms with Gasteiger partial charge in [-0.25, -0.2) is 9.78 Å². The van der Waals surface area contributed by atoms with Crippen LogP contribution in [0, 0.1) is 5.92 Å². The van der Waals surface area contributed by atoms with Gasteiger partial charge in [-0.05, 0) is 94.6 Å². The van der Waals surface area contributed by atoms with Gasteiger partial charge < -0.3 is 24.9 Å². The molecule has 9 heteroatoms. The Bertz CT molecular complexity index is 1800. The van der Waals surface area contributed by atoms with E-state index in [1.54, 1.807) is 6.20 Å². The van der Waals surface area contributed by atoms with Gasteiger partial charge in [-0.2, -0.15) is 0 Å². The summed E-state index contributed by atoms with van der Waals surface area (Å²) < 4.78 is 7.18. The quantitative estimate of drug-likeness (QED) is 0.260. The molecule has 0 radical (unpaired) electrons. The number of ether oxygens (including phenoxy) is 1. The number of benzene rings is 2. The van der Waals surface area contributed by atoms with Crippen molar-refractivity contribution >= 4 is 33.7 Å². The topological polar surface area (TPSA) is 108 Å². The van der Waals surface area contributed by atoms with Crippen molar-refractivity contribution in [1.29, 1.82) is 0 Å². The number of carbonyl (C=O) groups excluding carboxylic acids is 1. The predicted molar refractivity (Wildman–Crippen MR) is 161 cm³/mol. The largest absolute Gasteiger partial charge is 0.443 e. The smallest absolute Gasteiger partial charge is 0.418 e. The minimum atomic E-state index is -0.616. The number of aromatic amines is 2. The molecule has 3 aliphatic rings. The Balaban J connectivity index is 1.40. The number of nitrogens with zero attached hydrogens (tertiary/aromatic N) is 3. The van der Waals surface area contributed by atoms with Crippen molar-refractivity contribution in [3.8, 4) is 22.6 Å². The highest BCUT2D eigenvalue weighted by atomic mass is 16.6. The highest BCUT2D eigenvalue weighted by molar-refractivity contribution is 6.01. The first-order chi connectivity index (χ1) is 19.7. The third-order valence-electron chi connectivity index (χ3n) is 8.26. The molecule has 0 aliphatic carbocycles. The van der Waals surface area contributed by atoms with E-state index in [1.807, 2.05) is 75.4 Å². The Kier molecular flexibility index (Phi) is 6.01. The molecule has 1 atom stereocenters. The standard InChI is InChI=1S/C32H34N6O3/c1-32(2,3)41-31(40)38-14-6-9-26(38)20-10-11-22-21(17-20)28(33-25-18-37-15-12-19(25)13-16-37)27(30(39)36-22)29-34-23-7-4-5-8-24(23)35-29/h4-11,14,17,19,25H,12-13,15-16,18H2,1-3H3,(H,34,35)(H2,33,36,39)/t25-/m0/s1. The van der Waals surface area contributed by atoms with Crippen LogP contribution in [0.25, 0.3) is 44.6 Å². The number of fused-ring (bicyclic) bond motifs is 5. The van der Waals surface area contributed by atoms with Gasteiger partial charge in [-0.3, -0.25) is 9.36 Å². The number of rotatable bonds is 4. The summed E-state index contributed by atoms with van der Waals surface area (Å²) in [5, 5.41) is 4.70. The summed E-state index contributed by atoms with van der Waals surface area (Å²) in [5.74, 6) is 1.08. The number of para-hydroxylation sites is 2. The highest BCUT2D eigenvalue weighted by Gasteiger charge is 2.35. The number of H-pyrrole nitrogens is 2. The molecular formula is C32H34N6O3. The van der Waals surface area contributed by atoms with Crippen LogP contribution in [0.5, 0.6) is 0 Å². The predicted octanol–water partition coefficient (Wildman–Crippen LogP) is 5.83. The average molecular weight is 551 g/mol. The van der Waals surface area contributed by atoms with Crippen molar-refractivity contribution in [3.63, 3.8) is 0 Å². The van der Waals surface area contributed by atoms with Crippen LogP contribution in [0.15, 0.2) is 65.6 Å². The molecule has 6 heterocycles. The lowest BCUT2D eigenvalue weighted by Crippen LogP contribution is -2.53. The van der Waals surface area contributed by atoms with E-state index >= 15 is 0 Å². The normalized spacial score (nSPS) is 20.5. The summed E-state index contributed by atoms with van der Waals surface area (Å²) in [6.45, 7) is 8.76. The van der Waals surface area contributed by atoms with Crippen LogP contribution < -0.4 is 10.9 Å². The molecule has 0 amide bonds. The SMILES string of the molecule is CC(C)(C)OC(=O)n1cccc1-c1ccc2[nH]c(=O)c(-c3nc4ccccc4[nH]3)c(N[C@H]3CN4CCC3CC4)c2c1. The molecule has 41 heavy (non-hydrogen) atoms. The van der Waals surface area contributed by atoms with Gasteiger partial charge in [-0.15, -0.1) is 0 Å². The maximum absolute atomic E-state index is 13.7. The second-order valence-electron chi connectivity index (χ2n) is 12.2. The van der Waals surface area contributed by atoms with Gasteiger partial charge in [0.2, 0.25) is 0 Å². The van der Waals surface area contributed by atoms with Crippen LogP contribution in [0.3, 0.4) is 0 Å². The van der Waals surface area contributed by atoms with Crippen molar-refractivity contribution < 1.29 is 9.53 Å². The van der Waals surface area contributed by atoms with E-state index in [1.165, 1.54) is 4.57 Å². The van der Waals surface area contributed by atoms with E-state index in [4.69, 9.17) is 9.72 Å². The van der Waals surface area contributed by atoms with Gasteiger partial charge in [0.05, 0.1) is 27.9 Å². The van der Waals surface area contributed by atoms with Crippen LogP contribution in [0.2, 0.25) is 0 Å². The van der Waals surface area contributed by atoms with E-state index in [0.29, 0.717) is 23.0 Å². The minimum absolute atomic E-state index is 0.204. The Hall–Kier alpha value is -4.37.